The predicted molar refractivity (Wildman–Crippen MR) is 102 cm³/mol. The molecule has 138 valence electrons. The molecule has 5 heteroatoms. The molecule has 0 fully saturated rings. The van der Waals surface area contributed by atoms with Crippen LogP contribution in [0.3, 0.4) is 0 Å². The van der Waals surface area contributed by atoms with Crippen molar-refractivity contribution < 1.29 is 14.3 Å². The summed E-state index contributed by atoms with van der Waals surface area (Å²) in [5.74, 6) is 1.54. The summed E-state index contributed by atoms with van der Waals surface area (Å²) in [7, 11) is 0. The highest BCUT2D eigenvalue weighted by atomic mass is 16.6. The van der Waals surface area contributed by atoms with Gasteiger partial charge in [-0.1, -0.05) is 50.2 Å². The molecule has 3 rings (SSSR count). The third-order valence-electron chi connectivity index (χ3n) is 4.66. The Bertz CT molecular complexity index is 759. The zero-order valence-corrected chi connectivity index (χ0v) is 15.5. The second kappa shape index (κ2) is 7.68. The lowest BCUT2D eigenvalue weighted by atomic mass is 9.84. The van der Waals surface area contributed by atoms with Crippen molar-refractivity contribution in [1.29, 1.82) is 0 Å². The number of carbonyl (C=O) groups excluding carboxylic acids is 1. The van der Waals surface area contributed by atoms with Gasteiger partial charge < -0.3 is 20.1 Å². The van der Waals surface area contributed by atoms with Gasteiger partial charge in [0.25, 0.3) is 0 Å². The van der Waals surface area contributed by atoms with E-state index in [4.69, 9.17) is 9.47 Å². The monoisotopic (exact) mass is 354 g/mol. The molecule has 0 saturated heterocycles. The summed E-state index contributed by atoms with van der Waals surface area (Å²) in [5.41, 5.74) is 1.94. The van der Waals surface area contributed by atoms with Crippen molar-refractivity contribution in [2.75, 3.05) is 19.8 Å². The Hall–Kier alpha value is -2.69. The minimum absolute atomic E-state index is 0.0476. The minimum Gasteiger partial charge on any atom is -0.486 e. The Morgan fingerprint density at radius 2 is 1.77 bits per heavy atom. The quantitative estimate of drug-likeness (QED) is 0.859. The smallest absolute Gasteiger partial charge is 0.315 e. The number of rotatable bonds is 5. The molecule has 0 aromatic heterocycles. The first-order chi connectivity index (χ1) is 12.5. The molecule has 1 unspecified atom stereocenters. The Labute approximate surface area is 154 Å². The molecule has 0 saturated carbocycles. The number of ether oxygens (including phenoxy) is 2. The van der Waals surface area contributed by atoms with Crippen LogP contribution in [-0.4, -0.2) is 25.8 Å². The maximum atomic E-state index is 12.3. The van der Waals surface area contributed by atoms with Gasteiger partial charge in [0.1, 0.15) is 13.2 Å². The zero-order chi connectivity index (χ0) is 18.6. The molecule has 2 aromatic carbocycles. The van der Waals surface area contributed by atoms with E-state index in [2.05, 4.69) is 24.5 Å². The molecular weight excluding hydrogens is 328 g/mol. The van der Waals surface area contributed by atoms with Gasteiger partial charge in [-0.25, -0.2) is 4.79 Å². The van der Waals surface area contributed by atoms with E-state index in [9.17, 15) is 4.79 Å². The van der Waals surface area contributed by atoms with Crippen molar-refractivity contribution in [3.05, 3.63) is 59.7 Å². The summed E-state index contributed by atoms with van der Waals surface area (Å²) >= 11 is 0. The van der Waals surface area contributed by atoms with Crippen LogP contribution in [0.15, 0.2) is 48.5 Å². The Kier molecular flexibility index (Phi) is 5.35. The maximum Gasteiger partial charge on any atom is 0.315 e. The third-order valence-corrected chi connectivity index (χ3v) is 4.66. The lowest BCUT2D eigenvalue weighted by Gasteiger charge is -2.28. The molecule has 1 heterocycles. The normalized spacial score (nSPS) is 14.4. The van der Waals surface area contributed by atoms with Gasteiger partial charge in [-0.15, -0.1) is 0 Å². The Morgan fingerprint density at radius 3 is 2.50 bits per heavy atom. The van der Waals surface area contributed by atoms with Crippen LogP contribution in [-0.2, 0) is 5.41 Å². The summed E-state index contributed by atoms with van der Waals surface area (Å²) in [6.45, 7) is 7.82. The summed E-state index contributed by atoms with van der Waals surface area (Å²) in [6, 6.07) is 15.6. The van der Waals surface area contributed by atoms with E-state index in [1.54, 1.807) is 0 Å². The van der Waals surface area contributed by atoms with Gasteiger partial charge in [0.2, 0.25) is 0 Å². The molecule has 5 nitrogen and oxygen atoms in total. The lowest BCUT2D eigenvalue weighted by Crippen LogP contribution is -2.43. The standard InChI is InChI=1S/C21H26N2O3/c1-15(16-7-5-4-6-8-16)23-20(24)22-14-21(2,3)17-9-10-18-19(13-17)26-12-11-25-18/h4-10,13,15H,11-12,14H2,1-3H3,(H2,22,23,24). The average molecular weight is 354 g/mol. The van der Waals surface area contributed by atoms with Gasteiger partial charge >= 0.3 is 6.03 Å². The number of hydrogen-bond donors (Lipinski definition) is 2. The van der Waals surface area contributed by atoms with Gasteiger partial charge in [0.05, 0.1) is 6.04 Å². The van der Waals surface area contributed by atoms with E-state index >= 15 is 0 Å². The molecular formula is C21H26N2O3. The van der Waals surface area contributed by atoms with Gasteiger partial charge in [-0.2, -0.15) is 0 Å². The number of carbonyl (C=O) groups is 1. The lowest BCUT2D eigenvalue weighted by molar-refractivity contribution is 0.171. The molecule has 0 radical (unpaired) electrons. The zero-order valence-electron chi connectivity index (χ0n) is 15.5. The van der Waals surface area contributed by atoms with Gasteiger partial charge in [0, 0.05) is 12.0 Å². The number of amides is 2. The van der Waals surface area contributed by atoms with E-state index in [-0.39, 0.29) is 17.5 Å². The summed E-state index contributed by atoms with van der Waals surface area (Å²) in [4.78, 5) is 12.3. The number of nitrogens with one attached hydrogen (secondary N) is 2. The second-order valence-electron chi connectivity index (χ2n) is 7.20. The van der Waals surface area contributed by atoms with Crippen LogP contribution >= 0.6 is 0 Å². The largest absolute Gasteiger partial charge is 0.486 e. The van der Waals surface area contributed by atoms with Crippen LogP contribution in [0.1, 0.15) is 37.9 Å². The molecule has 2 amide bonds. The highest BCUT2D eigenvalue weighted by Crippen LogP contribution is 2.34. The van der Waals surface area contributed by atoms with Crippen molar-refractivity contribution in [2.24, 2.45) is 0 Å². The molecule has 2 N–H and O–H groups in total. The molecule has 0 spiro atoms. The van der Waals surface area contributed by atoms with Crippen molar-refractivity contribution in [1.82, 2.24) is 10.6 Å². The summed E-state index contributed by atoms with van der Waals surface area (Å²) < 4.78 is 11.2. The molecule has 0 bridgehead atoms. The number of benzene rings is 2. The van der Waals surface area contributed by atoms with E-state index in [1.165, 1.54) is 0 Å². The third kappa shape index (κ3) is 4.28. The van der Waals surface area contributed by atoms with Gasteiger partial charge in [-0.3, -0.25) is 0 Å². The first-order valence-electron chi connectivity index (χ1n) is 8.95. The topological polar surface area (TPSA) is 59.6 Å². The Balaban J connectivity index is 1.58. The minimum atomic E-state index is -0.233. The molecule has 0 aliphatic carbocycles. The van der Waals surface area contributed by atoms with Crippen LogP contribution in [0.25, 0.3) is 0 Å². The van der Waals surface area contributed by atoms with Crippen molar-refractivity contribution in [3.63, 3.8) is 0 Å². The summed E-state index contributed by atoms with van der Waals surface area (Å²) in [6.07, 6.45) is 0. The summed E-state index contributed by atoms with van der Waals surface area (Å²) in [5, 5.41) is 5.96. The van der Waals surface area contributed by atoms with E-state index in [1.807, 2.05) is 55.5 Å². The van der Waals surface area contributed by atoms with Gasteiger partial charge in [-0.05, 0) is 30.2 Å². The Morgan fingerprint density at radius 1 is 1.08 bits per heavy atom. The van der Waals surface area contributed by atoms with Crippen LogP contribution in [0.4, 0.5) is 4.79 Å². The fourth-order valence-corrected chi connectivity index (χ4v) is 2.94. The van der Waals surface area contributed by atoms with Crippen molar-refractivity contribution in [2.45, 2.75) is 32.2 Å². The van der Waals surface area contributed by atoms with Crippen molar-refractivity contribution in [3.8, 4) is 11.5 Å². The second-order valence-corrected chi connectivity index (χ2v) is 7.20. The van der Waals surface area contributed by atoms with E-state index in [0.717, 1.165) is 22.6 Å². The van der Waals surface area contributed by atoms with Crippen LogP contribution in [0.5, 0.6) is 11.5 Å². The number of hydrogen-bond acceptors (Lipinski definition) is 3. The van der Waals surface area contributed by atoms with E-state index in [0.29, 0.717) is 19.8 Å². The van der Waals surface area contributed by atoms with E-state index < -0.39 is 0 Å². The molecule has 1 atom stereocenters. The molecule has 1 aliphatic rings. The van der Waals surface area contributed by atoms with Crippen LogP contribution < -0.4 is 20.1 Å². The van der Waals surface area contributed by atoms with Gasteiger partial charge in [0.15, 0.2) is 11.5 Å². The maximum absolute atomic E-state index is 12.3. The molecule has 2 aromatic rings. The predicted octanol–water partition coefficient (Wildman–Crippen LogP) is 3.80. The SMILES string of the molecule is CC(NC(=O)NCC(C)(C)c1ccc2c(c1)OCCO2)c1ccccc1. The van der Waals surface area contributed by atoms with Crippen LogP contribution in [0.2, 0.25) is 0 Å². The fourth-order valence-electron chi connectivity index (χ4n) is 2.94. The fraction of sp³-hybridized carbons (Fsp3) is 0.381. The molecule has 1 aliphatic heterocycles. The highest BCUT2D eigenvalue weighted by Gasteiger charge is 2.24. The van der Waals surface area contributed by atoms with Crippen molar-refractivity contribution >= 4 is 6.03 Å². The number of fused-ring (bicyclic) bond motifs is 1. The average Bonchev–Trinajstić information content (AvgIpc) is 2.67. The van der Waals surface area contributed by atoms with Crippen LogP contribution in [0, 0.1) is 0 Å². The first kappa shape index (κ1) is 18.1. The molecule has 26 heavy (non-hydrogen) atoms. The first-order valence-corrected chi connectivity index (χ1v) is 8.95. The number of urea groups is 1. The highest BCUT2D eigenvalue weighted by molar-refractivity contribution is 5.74.